The van der Waals surface area contributed by atoms with E-state index >= 15 is 0 Å². The molecule has 0 fully saturated rings. The number of alkyl halides is 3. The number of benzene rings is 2. The Bertz CT molecular complexity index is 771. The fourth-order valence-electron chi connectivity index (χ4n) is 1.95. The zero-order valence-corrected chi connectivity index (χ0v) is 12.8. The van der Waals surface area contributed by atoms with E-state index in [0.29, 0.717) is 11.3 Å². The molecule has 0 saturated heterocycles. The minimum Gasteiger partial charge on any atom is -0.497 e. The van der Waals surface area contributed by atoms with Crippen molar-refractivity contribution in [2.75, 3.05) is 13.7 Å². The topological polar surface area (TPSA) is 38.3 Å². The number of carbonyl (C=O) groups excluding carboxylic acids is 1. The molecule has 124 valence electrons. The monoisotopic (exact) mass is 333 g/mol. The van der Waals surface area contributed by atoms with Crippen LogP contribution in [0.25, 0.3) is 0 Å². The van der Waals surface area contributed by atoms with Crippen molar-refractivity contribution in [2.24, 2.45) is 0 Å². The summed E-state index contributed by atoms with van der Waals surface area (Å²) in [7, 11) is 1.52. The lowest BCUT2D eigenvalue weighted by Crippen LogP contribution is -2.23. The van der Waals surface area contributed by atoms with Crippen molar-refractivity contribution in [1.82, 2.24) is 5.32 Å². The van der Waals surface area contributed by atoms with E-state index in [9.17, 15) is 18.0 Å². The summed E-state index contributed by atoms with van der Waals surface area (Å²) in [5, 5.41) is 2.53. The molecule has 0 spiro atoms. The van der Waals surface area contributed by atoms with Gasteiger partial charge in [0.1, 0.15) is 5.75 Å². The molecular formula is C18H14F3NO2. The van der Waals surface area contributed by atoms with Crippen molar-refractivity contribution in [3.05, 3.63) is 65.2 Å². The normalized spacial score (nSPS) is 10.5. The first kappa shape index (κ1) is 17.4. The third-order valence-corrected chi connectivity index (χ3v) is 3.15. The van der Waals surface area contributed by atoms with Crippen LogP contribution in [-0.2, 0) is 6.18 Å². The molecule has 6 heteroatoms. The molecule has 1 amide bonds. The summed E-state index contributed by atoms with van der Waals surface area (Å²) in [6.45, 7) is -0.0585. The van der Waals surface area contributed by atoms with E-state index in [1.54, 1.807) is 24.3 Å². The Balaban J connectivity index is 2.00. The van der Waals surface area contributed by atoms with Crippen LogP contribution in [-0.4, -0.2) is 19.6 Å². The Labute approximate surface area is 137 Å². The van der Waals surface area contributed by atoms with Crippen LogP contribution >= 0.6 is 0 Å². The van der Waals surface area contributed by atoms with Gasteiger partial charge in [-0.2, -0.15) is 13.2 Å². The molecule has 0 atom stereocenters. The molecule has 0 heterocycles. The summed E-state index contributed by atoms with van der Waals surface area (Å²) in [6, 6.07) is 11.5. The highest BCUT2D eigenvalue weighted by atomic mass is 19.4. The number of carbonyl (C=O) groups is 1. The average molecular weight is 333 g/mol. The van der Waals surface area contributed by atoms with Crippen molar-refractivity contribution >= 4 is 5.91 Å². The highest BCUT2D eigenvalue weighted by molar-refractivity contribution is 5.94. The second-order valence-electron chi connectivity index (χ2n) is 4.76. The van der Waals surface area contributed by atoms with Gasteiger partial charge in [0.2, 0.25) is 0 Å². The van der Waals surface area contributed by atoms with Gasteiger partial charge in [0, 0.05) is 11.1 Å². The van der Waals surface area contributed by atoms with Gasteiger partial charge in [-0.1, -0.05) is 24.0 Å². The fraction of sp³-hybridized carbons (Fsp3) is 0.167. The molecule has 0 saturated carbocycles. The molecule has 24 heavy (non-hydrogen) atoms. The molecule has 0 radical (unpaired) electrons. The highest BCUT2D eigenvalue weighted by Crippen LogP contribution is 2.31. The Hall–Kier alpha value is -2.94. The zero-order chi connectivity index (χ0) is 17.6. The molecule has 0 bridgehead atoms. The third-order valence-electron chi connectivity index (χ3n) is 3.15. The van der Waals surface area contributed by atoms with Gasteiger partial charge in [-0.3, -0.25) is 4.79 Å². The lowest BCUT2D eigenvalue weighted by molar-refractivity contribution is -0.137. The second kappa shape index (κ2) is 7.55. The fourth-order valence-corrected chi connectivity index (χ4v) is 1.95. The molecule has 0 unspecified atom stereocenters. The summed E-state index contributed by atoms with van der Waals surface area (Å²) in [6.07, 6.45) is -4.46. The summed E-state index contributed by atoms with van der Waals surface area (Å²) in [5.41, 5.74) is -0.504. The molecular weight excluding hydrogens is 319 g/mol. The number of ether oxygens (including phenoxy) is 1. The van der Waals surface area contributed by atoms with Gasteiger partial charge >= 0.3 is 6.18 Å². The zero-order valence-electron chi connectivity index (χ0n) is 12.8. The number of rotatable bonds is 3. The summed E-state index contributed by atoms with van der Waals surface area (Å²) in [4.78, 5) is 11.9. The predicted octanol–water partition coefficient (Wildman–Crippen LogP) is 3.50. The van der Waals surface area contributed by atoms with Gasteiger partial charge in [-0.05, 0) is 36.4 Å². The number of amides is 1. The summed E-state index contributed by atoms with van der Waals surface area (Å²) in [5.74, 6) is 5.23. The SMILES string of the molecule is COc1ccc(C(=O)NCC#Cc2ccccc2C(F)(F)F)cc1. The van der Waals surface area contributed by atoms with E-state index in [1.165, 1.54) is 25.3 Å². The van der Waals surface area contributed by atoms with Crippen LogP contribution in [0.2, 0.25) is 0 Å². The molecule has 0 aliphatic rings. The lowest BCUT2D eigenvalue weighted by atomic mass is 10.1. The van der Waals surface area contributed by atoms with Gasteiger partial charge in [-0.25, -0.2) is 0 Å². The molecule has 3 nitrogen and oxygen atoms in total. The molecule has 0 aliphatic heterocycles. The van der Waals surface area contributed by atoms with Gasteiger partial charge in [0.05, 0.1) is 19.2 Å². The van der Waals surface area contributed by atoms with Gasteiger partial charge in [0.25, 0.3) is 5.91 Å². The van der Waals surface area contributed by atoms with Crippen LogP contribution in [0.3, 0.4) is 0 Å². The number of halogens is 3. The largest absolute Gasteiger partial charge is 0.497 e. The highest BCUT2D eigenvalue weighted by Gasteiger charge is 2.32. The van der Waals surface area contributed by atoms with Gasteiger partial charge < -0.3 is 10.1 Å². The van der Waals surface area contributed by atoms with Crippen LogP contribution in [0.4, 0.5) is 13.2 Å². The quantitative estimate of drug-likeness (QED) is 0.873. The molecule has 0 aliphatic carbocycles. The Morgan fingerprint density at radius 3 is 2.42 bits per heavy atom. The first-order valence-corrected chi connectivity index (χ1v) is 6.99. The van der Waals surface area contributed by atoms with E-state index in [-0.39, 0.29) is 18.0 Å². The Morgan fingerprint density at radius 2 is 1.79 bits per heavy atom. The Kier molecular flexibility index (Phi) is 5.48. The van der Waals surface area contributed by atoms with Crippen molar-refractivity contribution in [1.29, 1.82) is 0 Å². The van der Waals surface area contributed by atoms with Crippen molar-refractivity contribution in [2.45, 2.75) is 6.18 Å². The van der Waals surface area contributed by atoms with Crippen LogP contribution in [0.5, 0.6) is 5.75 Å². The van der Waals surface area contributed by atoms with E-state index in [0.717, 1.165) is 6.07 Å². The van der Waals surface area contributed by atoms with Crippen LogP contribution in [0, 0.1) is 11.8 Å². The maximum Gasteiger partial charge on any atom is 0.417 e. The molecule has 0 aromatic heterocycles. The van der Waals surface area contributed by atoms with E-state index in [4.69, 9.17) is 4.74 Å². The van der Waals surface area contributed by atoms with Crippen molar-refractivity contribution in [3.8, 4) is 17.6 Å². The number of nitrogens with one attached hydrogen (secondary N) is 1. The molecule has 2 aromatic carbocycles. The van der Waals surface area contributed by atoms with E-state index in [2.05, 4.69) is 17.2 Å². The number of hydrogen-bond acceptors (Lipinski definition) is 2. The van der Waals surface area contributed by atoms with Crippen molar-refractivity contribution in [3.63, 3.8) is 0 Å². The standard InChI is InChI=1S/C18H14F3NO2/c1-24-15-10-8-14(9-11-15)17(23)22-12-4-6-13-5-2-3-7-16(13)18(19,20)21/h2-3,5,7-11H,12H2,1H3,(H,22,23). The van der Waals surface area contributed by atoms with Crippen molar-refractivity contribution < 1.29 is 22.7 Å². The van der Waals surface area contributed by atoms with Crippen LogP contribution in [0.1, 0.15) is 21.5 Å². The Morgan fingerprint density at radius 1 is 1.12 bits per heavy atom. The first-order valence-electron chi connectivity index (χ1n) is 6.99. The number of hydrogen-bond donors (Lipinski definition) is 1. The number of methoxy groups -OCH3 is 1. The minimum absolute atomic E-state index is 0.0585. The minimum atomic E-state index is -4.46. The summed E-state index contributed by atoms with van der Waals surface area (Å²) < 4.78 is 43.5. The second-order valence-corrected chi connectivity index (χ2v) is 4.76. The third kappa shape index (κ3) is 4.53. The maximum absolute atomic E-state index is 12.8. The average Bonchev–Trinajstić information content (AvgIpc) is 2.58. The lowest BCUT2D eigenvalue weighted by Gasteiger charge is -2.08. The predicted molar refractivity (Wildman–Crippen MR) is 83.6 cm³/mol. The van der Waals surface area contributed by atoms with Gasteiger partial charge in [0.15, 0.2) is 0 Å². The maximum atomic E-state index is 12.8. The van der Waals surface area contributed by atoms with Gasteiger partial charge in [-0.15, -0.1) is 0 Å². The first-order chi connectivity index (χ1) is 11.4. The van der Waals surface area contributed by atoms with Crippen LogP contribution in [0.15, 0.2) is 48.5 Å². The smallest absolute Gasteiger partial charge is 0.417 e. The molecule has 1 N–H and O–H groups in total. The summed E-state index contributed by atoms with van der Waals surface area (Å²) >= 11 is 0. The van der Waals surface area contributed by atoms with E-state index in [1.807, 2.05) is 0 Å². The molecule has 2 rings (SSSR count). The van der Waals surface area contributed by atoms with E-state index < -0.39 is 11.7 Å². The molecule has 2 aromatic rings. The van der Waals surface area contributed by atoms with Crippen LogP contribution < -0.4 is 10.1 Å².